The second-order valence-corrected chi connectivity index (χ2v) is 6.00. The highest BCUT2D eigenvalue weighted by molar-refractivity contribution is 6.33. The number of halogens is 1. The minimum absolute atomic E-state index is 0.0650. The van der Waals surface area contributed by atoms with Crippen molar-refractivity contribution in [3.8, 4) is 5.75 Å². The van der Waals surface area contributed by atoms with Gasteiger partial charge in [0.1, 0.15) is 19.4 Å². The van der Waals surface area contributed by atoms with Gasteiger partial charge in [-0.05, 0) is 49.2 Å². The zero-order valence-electron chi connectivity index (χ0n) is 15.3. The standard InChI is InChI=1S/C20H23BFNO3/c1-4-26-20(24)12-19(17-10-7-15(22)11-18(17)21)23-13(2)14-5-8-16(25-3)9-6-14/h5-11,13,19,23H,4,12H2,1-3H3/t13-,19+/m0/s1. The van der Waals surface area contributed by atoms with Gasteiger partial charge in [-0.2, -0.15) is 0 Å². The largest absolute Gasteiger partial charge is 0.497 e. The van der Waals surface area contributed by atoms with Crippen LogP contribution in [0, 0.1) is 5.82 Å². The van der Waals surface area contributed by atoms with Crippen LogP contribution in [0.2, 0.25) is 0 Å². The van der Waals surface area contributed by atoms with E-state index in [0.29, 0.717) is 17.6 Å². The van der Waals surface area contributed by atoms with Gasteiger partial charge in [0.25, 0.3) is 0 Å². The van der Waals surface area contributed by atoms with Crippen LogP contribution in [0.5, 0.6) is 5.75 Å². The number of hydrogen-bond acceptors (Lipinski definition) is 4. The molecule has 2 aromatic rings. The molecule has 2 atom stereocenters. The van der Waals surface area contributed by atoms with Crippen molar-refractivity contribution in [2.24, 2.45) is 0 Å². The minimum Gasteiger partial charge on any atom is -0.497 e. The Hall–Kier alpha value is -2.34. The first-order valence-electron chi connectivity index (χ1n) is 8.55. The molecule has 0 aromatic heterocycles. The zero-order chi connectivity index (χ0) is 19.1. The molecule has 0 spiro atoms. The Morgan fingerprint density at radius 1 is 1.23 bits per heavy atom. The van der Waals surface area contributed by atoms with E-state index >= 15 is 0 Å². The zero-order valence-corrected chi connectivity index (χ0v) is 15.3. The summed E-state index contributed by atoms with van der Waals surface area (Å²) >= 11 is 0. The lowest BCUT2D eigenvalue weighted by atomic mass is 9.85. The fourth-order valence-electron chi connectivity index (χ4n) is 2.80. The highest BCUT2D eigenvalue weighted by Gasteiger charge is 2.21. The number of esters is 1. The number of carbonyl (C=O) groups excluding carboxylic acids is 1. The van der Waals surface area contributed by atoms with Crippen molar-refractivity contribution < 1.29 is 18.7 Å². The van der Waals surface area contributed by atoms with Crippen molar-refractivity contribution in [3.63, 3.8) is 0 Å². The molecule has 0 saturated carbocycles. The van der Waals surface area contributed by atoms with Gasteiger partial charge in [0.2, 0.25) is 0 Å². The highest BCUT2D eigenvalue weighted by Crippen LogP contribution is 2.23. The van der Waals surface area contributed by atoms with E-state index in [1.165, 1.54) is 12.1 Å². The van der Waals surface area contributed by atoms with Gasteiger partial charge in [-0.1, -0.05) is 23.7 Å². The first kappa shape index (κ1) is 20.0. The molecule has 0 heterocycles. The first-order chi connectivity index (χ1) is 12.4. The summed E-state index contributed by atoms with van der Waals surface area (Å²) in [5.41, 5.74) is 1.99. The third-order valence-corrected chi connectivity index (χ3v) is 4.17. The van der Waals surface area contributed by atoms with Gasteiger partial charge in [-0.15, -0.1) is 0 Å². The molecule has 2 radical (unpaired) electrons. The molecular formula is C20H23BFNO3. The van der Waals surface area contributed by atoms with E-state index in [1.807, 2.05) is 31.2 Å². The molecule has 0 amide bonds. The normalized spacial score (nSPS) is 13.1. The Bertz CT molecular complexity index is 736. The van der Waals surface area contributed by atoms with E-state index in [2.05, 4.69) is 5.32 Å². The van der Waals surface area contributed by atoms with Crippen LogP contribution in [0.15, 0.2) is 42.5 Å². The predicted octanol–water partition coefficient (Wildman–Crippen LogP) is 2.97. The third-order valence-electron chi connectivity index (χ3n) is 4.17. The Kier molecular flexibility index (Phi) is 7.21. The van der Waals surface area contributed by atoms with Crippen LogP contribution in [-0.2, 0) is 9.53 Å². The van der Waals surface area contributed by atoms with E-state index in [9.17, 15) is 9.18 Å². The van der Waals surface area contributed by atoms with E-state index < -0.39 is 11.9 Å². The molecule has 136 valence electrons. The van der Waals surface area contributed by atoms with Crippen LogP contribution in [-0.4, -0.2) is 27.5 Å². The lowest BCUT2D eigenvalue weighted by molar-refractivity contribution is -0.143. The molecule has 4 nitrogen and oxygen atoms in total. The molecule has 6 heteroatoms. The smallest absolute Gasteiger partial charge is 0.307 e. The van der Waals surface area contributed by atoms with Crippen molar-refractivity contribution >= 4 is 19.3 Å². The maximum absolute atomic E-state index is 13.4. The highest BCUT2D eigenvalue weighted by atomic mass is 19.1. The average molecular weight is 355 g/mol. The SMILES string of the molecule is [B]c1cc(F)ccc1[C@@H](CC(=O)OCC)N[C@@H](C)c1ccc(OC)cc1. The Morgan fingerprint density at radius 2 is 1.92 bits per heavy atom. The summed E-state index contributed by atoms with van der Waals surface area (Å²) in [4.78, 5) is 12.0. The molecule has 0 unspecified atom stereocenters. The summed E-state index contributed by atoms with van der Waals surface area (Å²) < 4.78 is 23.6. The van der Waals surface area contributed by atoms with E-state index in [-0.39, 0.29) is 18.4 Å². The van der Waals surface area contributed by atoms with Gasteiger partial charge in [-0.25, -0.2) is 4.39 Å². The van der Waals surface area contributed by atoms with Crippen molar-refractivity contribution in [2.75, 3.05) is 13.7 Å². The number of methoxy groups -OCH3 is 1. The number of rotatable bonds is 8. The summed E-state index contributed by atoms with van der Waals surface area (Å²) in [5, 5.41) is 3.39. The van der Waals surface area contributed by atoms with Crippen LogP contribution >= 0.6 is 0 Å². The van der Waals surface area contributed by atoms with Gasteiger partial charge in [-0.3, -0.25) is 4.79 Å². The molecule has 1 N–H and O–H groups in total. The lowest BCUT2D eigenvalue weighted by Crippen LogP contribution is -2.31. The minimum atomic E-state index is -0.413. The Labute approximate surface area is 155 Å². The van der Waals surface area contributed by atoms with Gasteiger partial charge in [0, 0.05) is 12.1 Å². The fraction of sp³-hybridized carbons (Fsp3) is 0.350. The van der Waals surface area contributed by atoms with E-state index in [0.717, 1.165) is 11.3 Å². The second-order valence-electron chi connectivity index (χ2n) is 6.00. The first-order valence-corrected chi connectivity index (χ1v) is 8.55. The summed E-state index contributed by atoms with van der Waals surface area (Å²) in [6.45, 7) is 4.05. The number of benzene rings is 2. The monoisotopic (exact) mass is 355 g/mol. The van der Waals surface area contributed by atoms with Crippen molar-refractivity contribution in [1.82, 2.24) is 5.32 Å². The van der Waals surface area contributed by atoms with Crippen LogP contribution in [0.1, 0.15) is 43.5 Å². The second kappa shape index (κ2) is 9.39. The summed E-state index contributed by atoms with van der Waals surface area (Å²) in [5.74, 6) is 0.0202. The lowest BCUT2D eigenvalue weighted by Gasteiger charge is -2.25. The topological polar surface area (TPSA) is 47.6 Å². The molecule has 0 aliphatic carbocycles. The maximum atomic E-state index is 13.4. The third kappa shape index (κ3) is 5.33. The summed E-state index contributed by atoms with van der Waals surface area (Å²) in [7, 11) is 7.59. The van der Waals surface area contributed by atoms with Crippen LogP contribution in [0.25, 0.3) is 0 Å². The molecule has 26 heavy (non-hydrogen) atoms. The summed E-state index contributed by atoms with van der Waals surface area (Å²) in [6, 6.07) is 11.4. The van der Waals surface area contributed by atoms with Crippen molar-refractivity contribution in [2.45, 2.75) is 32.4 Å². The molecule has 0 saturated heterocycles. The van der Waals surface area contributed by atoms with Crippen molar-refractivity contribution in [3.05, 3.63) is 59.4 Å². The molecular weight excluding hydrogens is 332 g/mol. The van der Waals surface area contributed by atoms with Gasteiger partial charge < -0.3 is 14.8 Å². The molecule has 0 bridgehead atoms. The Balaban J connectivity index is 2.23. The van der Waals surface area contributed by atoms with Gasteiger partial charge >= 0.3 is 5.97 Å². The number of carbonyl (C=O) groups is 1. The number of nitrogens with one attached hydrogen (secondary N) is 1. The molecule has 0 aliphatic heterocycles. The van der Waals surface area contributed by atoms with Crippen LogP contribution in [0.3, 0.4) is 0 Å². The fourth-order valence-corrected chi connectivity index (χ4v) is 2.80. The summed E-state index contributed by atoms with van der Waals surface area (Å²) in [6.07, 6.45) is 0.101. The van der Waals surface area contributed by atoms with Crippen molar-refractivity contribution in [1.29, 1.82) is 0 Å². The molecule has 2 rings (SSSR count). The predicted molar refractivity (Wildman–Crippen MR) is 100 cm³/mol. The number of hydrogen-bond donors (Lipinski definition) is 1. The van der Waals surface area contributed by atoms with Crippen LogP contribution < -0.4 is 15.5 Å². The number of ether oxygens (including phenoxy) is 2. The van der Waals surface area contributed by atoms with Gasteiger partial charge in [0.15, 0.2) is 0 Å². The quantitative estimate of drug-likeness (QED) is 0.584. The Morgan fingerprint density at radius 3 is 2.50 bits per heavy atom. The van der Waals surface area contributed by atoms with E-state index in [1.54, 1.807) is 20.1 Å². The van der Waals surface area contributed by atoms with E-state index in [4.69, 9.17) is 17.3 Å². The molecule has 2 aromatic carbocycles. The maximum Gasteiger partial charge on any atom is 0.307 e. The van der Waals surface area contributed by atoms with Crippen LogP contribution in [0.4, 0.5) is 4.39 Å². The average Bonchev–Trinajstić information content (AvgIpc) is 2.61. The van der Waals surface area contributed by atoms with Gasteiger partial charge in [0.05, 0.1) is 20.1 Å². The molecule has 0 fully saturated rings. The molecule has 0 aliphatic rings.